The minimum absolute atomic E-state index is 0.0411. The maximum Gasteiger partial charge on any atom is 0.416 e. The van der Waals surface area contributed by atoms with Crippen LogP contribution in [0.4, 0.5) is 21.0 Å². The van der Waals surface area contributed by atoms with Crippen LogP contribution in [0.15, 0.2) is 35.8 Å². The monoisotopic (exact) mass is 463 g/mol. The third-order valence-corrected chi connectivity index (χ3v) is 6.12. The number of aliphatic hydroxyl groups excluding tert-OH is 1. The number of rotatable bonds is 6. The fourth-order valence-electron chi connectivity index (χ4n) is 3.14. The minimum atomic E-state index is -0.773. The number of halogens is 2. The van der Waals surface area contributed by atoms with Crippen LogP contribution in [0.1, 0.15) is 24.9 Å². The zero-order chi connectivity index (χ0) is 22.1. The van der Waals surface area contributed by atoms with Crippen molar-refractivity contribution in [3.05, 3.63) is 51.7 Å². The molecule has 0 aliphatic carbocycles. The predicted octanol–water partition coefficient (Wildman–Crippen LogP) is 4.27. The van der Waals surface area contributed by atoms with Crippen molar-refractivity contribution in [2.24, 2.45) is 0 Å². The summed E-state index contributed by atoms with van der Waals surface area (Å²) in [5, 5.41) is 15.8. The highest BCUT2D eigenvalue weighted by atomic mass is 35.5. The summed E-state index contributed by atoms with van der Waals surface area (Å²) < 4.78 is 18.5. The van der Waals surface area contributed by atoms with E-state index in [-0.39, 0.29) is 17.7 Å². The van der Waals surface area contributed by atoms with E-state index in [1.54, 1.807) is 19.1 Å². The van der Waals surface area contributed by atoms with Crippen LogP contribution in [0.25, 0.3) is 11.3 Å². The third kappa shape index (κ3) is 4.46. The van der Waals surface area contributed by atoms with E-state index in [2.05, 4.69) is 20.3 Å². The first-order valence-corrected chi connectivity index (χ1v) is 10.7. The molecule has 4 rings (SSSR count). The minimum Gasteiger partial charge on any atom is -0.447 e. The van der Waals surface area contributed by atoms with E-state index in [4.69, 9.17) is 16.3 Å². The number of aromatic nitrogens is 3. The second-order valence-corrected chi connectivity index (χ2v) is 8.36. The number of nitrogens with zero attached hydrogens (tertiary/aromatic N) is 4. The summed E-state index contributed by atoms with van der Waals surface area (Å²) in [5.41, 5.74) is 1.40. The first-order chi connectivity index (χ1) is 14.8. The Hall–Kier alpha value is -2.82. The number of carbonyl (C=O) groups excluding carboxylic acids is 1. The maximum absolute atomic E-state index is 13.4. The molecule has 3 aromatic rings. The van der Waals surface area contributed by atoms with Crippen molar-refractivity contribution in [3.8, 4) is 11.3 Å². The molecular weight excluding hydrogens is 445 g/mol. The molecule has 3 heterocycles. The summed E-state index contributed by atoms with van der Waals surface area (Å²) in [5.74, 6) is 0.155. The van der Waals surface area contributed by atoms with Crippen LogP contribution in [0.5, 0.6) is 0 Å². The highest BCUT2D eigenvalue weighted by molar-refractivity contribution is 7.10. The molecule has 2 aromatic heterocycles. The largest absolute Gasteiger partial charge is 0.447 e. The summed E-state index contributed by atoms with van der Waals surface area (Å²) in [6.45, 7) is 3.59. The number of ether oxygens (including phenoxy) is 1. The van der Waals surface area contributed by atoms with Gasteiger partial charge in [0.05, 0.1) is 22.9 Å². The molecule has 1 saturated heterocycles. The Morgan fingerprint density at radius 1 is 1.35 bits per heavy atom. The molecule has 1 amide bonds. The average Bonchev–Trinajstić information content (AvgIpc) is 3.37. The van der Waals surface area contributed by atoms with Crippen LogP contribution in [-0.2, 0) is 4.74 Å². The normalized spacial score (nSPS) is 18.0. The lowest BCUT2D eigenvalue weighted by Crippen LogP contribution is -2.41. The molecule has 0 saturated carbocycles. The molecule has 11 heteroatoms. The number of anilines is 2. The summed E-state index contributed by atoms with van der Waals surface area (Å²) in [4.78, 5) is 26.6. The van der Waals surface area contributed by atoms with Gasteiger partial charge in [0.25, 0.3) is 0 Å². The molecule has 0 radical (unpaired) electrons. The molecule has 8 nitrogen and oxygen atoms in total. The van der Waals surface area contributed by atoms with Crippen molar-refractivity contribution < 1.29 is 19.0 Å². The van der Waals surface area contributed by atoms with E-state index in [9.17, 15) is 14.3 Å². The number of hydrogen-bond acceptors (Lipinski definition) is 8. The Labute approximate surface area is 186 Å². The van der Waals surface area contributed by atoms with Crippen molar-refractivity contribution in [2.45, 2.75) is 32.0 Å². The van der Waals surface area contributed by atoms with Crippen molar-refractivity contribution in [2.75, 3.05) is 16.8 Å². The van der Waals surface area contributed by atoms with Crippen LogP contribution >= 0.6 is 22.9 Å². The topological polar surface area (TPSA) is 100 Å². The lowest BCUT2D eigenvalue weighted by molar-refractivity contribution is 0.142. The number of cyclic esters (lactones) is 1. The van der Waals surface area contributed by atoms with Gasteiger partial charge in [0.2, 0.25) is 5.95 Å². The predicted molar refractivity (Wildman–Crippen MR) is 116 cm³/mol. The average molecular weight is 464 g/mol. The van der Waals surface area contributed by atoms with Gasteiger partial charge in [-0.05, 0) is 38.1 Å². The Kier molecular flexibility index (Phi) is 6.03. The highest BCUT2D eigenvalue weighted by Gasteiger charge is 2.38. The molecule has 0 bridgehead atoms. The van der Waals surface area contributed by atoms with E-state index in [0.29, 0.717) is 17.5 Å². The summed E-state index contributed by atoms with van der Waals surface area (Å²) in [6.07, 6.45) is 0.187. The number of thiazole rings is 1. The van der Waals surface area contributed by atoms with Crippen molar-refractivity contribution >= 4 is 40.8 Å². The molecule has 1 aliphatic rings. The van der Waals surface area contributed by atoms with Gasteiger partial charge in [-0.15, -0.1) is 11.3 Å². The summed E-state index contributed by atoms with van der Waals surface area (Å²) >= 11 is 7.30. The van der Waals surface area contributed by atoms with Crippen LogP contribution in [-0.4, -0.2) is 44.9 Å². The Balaban J connectivity index is 1.51. The fraction of sp³-hybridized carbons (Fsp3) is 0.300. The molecule has 1 aromatic carbocycles. The standard InChI is InChI=1S/C20H19ClFN5O3S/c1-10(18-25-15(9-31-18)12-3-4-14(22)13(21)7-12)24-19-23-6-5-17(26-19)27-16(11(2)28)8-30-20(27)29/h3-7,9-11,16,28H,8H2,1-2H3,(H,23,24,26)/t10-,11-,16-/m1/s1. The third-order valence-electron chi connectivity index (χ3n) is 4.80. The Morgan fingerprint density at radius 2 is 2.16 bits per heavy atom. The molecule has 31 heavy (non-hydrogen) atoms. The maximum atomic E-state index is 13.4. The van der Waals surface area contributed by atoms with Gasteiger partial charge in [0.15, 0.2) is 0 Å². The first-order valence-electron chi connectivity index (χ1n) is 9.48. The quantitative estimate of drug-likeness (QED) is 0.563. The number of carbonyl (C=O) groups is 1. The van der Waals surface area contributed by atoms with Crippen LogP contribution in [0, 0.1) is 5.82 Å². The molecule has 0 spiro atoms. The Morgan fingerprint density at radius 3 is 2.90 bits per heavy atom. The number of hydrogen-bond donors (Lipinski definition) is 2. The van der Waals surface area contributed by atoms with Gasteiger partial charge in [-0.1, -0.05) is 11.6 Å². The van der Waals surface area contributed by atoms with Gasteiger partial charge in [0, 0.05) is 17.1 Å². The lowest BCUT2D eigenvalue weighted by Gasteiger charge is -2.22. The van der Waals surface area contributed by atoms with Crippen molar-refractivity contribution in [3.63, 3.8) is 0 Å². The molecule has 3 atom stereocenters. The molecule has 2 N–H and O–H groups in total. The second-order valence-electron chi connectivity index (χ2n) is 7.06. The fourth-order valence-corrected chi connectivity index (χ4v) is 4.15. The smallest absolute Gasteiger partial charge is 0.416 e. The molecule has 1 aliphatic heterocycles. The van der Waals surface area contributed by atoms with Gasteiger partial charge in [0.1, 0.15) is 29.3 Å². The van der Waals surface area contributed by atoms with E-state index >= 15 is 0 Å². The number of amides is 1. The van der Waals surface area contributed by atoms with Crippen LogP contribution < -0.4 is 10.2 Å². The van der Waals surface area contributed by atoms with Crippen molar-refractivity contribution in [1.82, 2.24) is 15.0 Å². The van der Waals surface area contributed by atoms with Crippen molar-refractivity contribution in [1.29, 1.82) is 0 Å². The zero-order valence-electron chi connectivity index (χ0n) is 16.6. The van der Waals surface area contributed by atoms with Gasteiger partial charge >= 0.3 is 6.09 Å². The van der Waals surface area contributed by atoms with Crippen LogP contribution in [0.3, 0.4) is 0 Å². The van der Waals surface area contributed by atoms with E-state index < -0.39 is 24.1 Å². The van der Waals surface area contributed by atoms with E-state index in [1.807, 2.05) is 12.3 Å². The highest BCUT2D eigenvalue weighted by Crippen LogP contribution is 2.30. The van der Waals surface area contributed by atoms with Crippen LogP contribution in [0.2, 0.25) is 5.02 Å². The summed E-state index contributed by atoms with van der Waals surface area (Å²) in [7, 11) is 0. The Bertz CT molecular complexity index is 1110. The number of nitrogens with one attached hydrogen (secondary N) is 1. The molecule has 1 fully saturated rings. The zero-order valence-corrected chi connectivity index (χ0v) is 18.2. The first kappa shape index (κ1) is 21.4. The number of benzene rings is 1. The number of aliphatic hydroxyl groups is 1. The van der Waals surface area contributed by atoms with Gasteiger partial charge in [-0.3, -0.25) is 4.90 Å². The lowest BCUT2D eigenvalue weighted by atomic mass is 10.2. The molecule has 162 valence electrons. The van der Waals surface area contributed by atoms with E-state index in [0.717, 1.165) is 10.6 Å². The van der Waals surface area contributed by atoms with Gasteiger partial charge in [-0.2, -0.15) is 4.98 Å². The SMILES string of the molecule is C[C@@H](Nc1nccc(N2C(=O)OC[C@@H]2[C@@H](C)O)n1)c1nc(-c2ccc(F)c(Cl)c2)cs1. The molecule has 0 unspecified atom stereocenters. The van der Waals surface area contributed by atoms with Gasteiger partial charge in [-0.25, -0.2) is 19.2 Å². The van der Waals surface area contributed by atoms with E-state index in [1.165, 1.54) is 34.6 Å². The second kappa shape index (κ2) is 8.74. The van der Waals surface area contributed by atoms with Gasteiger partial charge < -0.3 is 15.2 Å². The molecular formula is C20H19ClFN5O3S. The summed E-state index contributed by atoms with van der Waals surface area (Å²) in [6, 6.07) is 5.30.